The Balaban J connectivity index is 1.87. The number of hydrogen-bond acceptors (Lipinski definition) is 6. The molecule has 0 N–H and O–H groups in total. The average Bonchev–Trinajstić information content (AvgIpc) is 3.09. The van der Waals surface area contributed by atoms with Gasteiger partial charge in [0.2, 0.25) is 0 Å². The van der Waals surface area contributed by atoms with Crippen LogP contribution in [0.25, 0.3) is 0 Å². The van der Waals surface area contributed by atoms with Gasteiger partial charge in [0.15, 0.2) is 0 Å². The van der Waals surface area contributed by atoms with Crippen LogP contribution in [0.15, 0.2) is 22.4 Å². The molecule has 1 unspecified atom stereocenters. The van der Waals surface area contributed by atoms with E-state index in [0.717, 1.165) is 10.7 Å². The summed E-state index contributed by atoms with van der Waals surface area (Å²) in [6.45, 7) is 3.51. The van der Waals surface area contributed by atoms with Crippen LogP contribution in [0.2, 0.25) is 0 Å². The Morgan fingerprint density at radius 2 is 2.47 bits per heavy atom. The van der Waals surface area contributed by atoms with E-state index in [1.165, 1.54) is 12.5 Å². The second-order valence-corrected chi connectivity index (χ2v) is 5.36. The maximum atomic E-state index is 12.4. The zero-order valence-electron chi connectivity index (χ0n) is 10.4. The molecule has 1 atom stereocenters. The van der Waals surface area contributed by atoms with E-state index in [0.29, 0.717) is 25.3 Å². The van der Waals surface area contributed by atoms with Gasteiger partial charge in [-0.05, 0) is 6.92 Å². The number of aryl methyl sites for hydroxylation is 1. The molecule has 6 nitrogen and oxygen atoms in total. The third-order valence-electron chi connectivity index (χ3n) is 3.05. The highest BCUT2D eigenvalue weighted by molar-refractivity contribution is 7.09. The molecule has 1 amide bonds. The zero-order valence-corrected chi connectivity index (χ0v) is 11.2. The van der Waals surface area contributed by atoms with Crippen molar-refractivity contribution in [2.24, 2.45) is 0 Å². The van der Waals surface area contributed by atoms with Gasteiger partial charge < -0.3 is 14.2 Å². The first-order valence-electron chi connectivity index (χ1n) is 5.96. The molecule has 0 bridgehead atoms. The number of amides is 1. The van der Waals surface area contributed by atoms with E-state index in [-0.39, 0.29) is 11.9 Å². The Bertz CT molecular complexity index is 567. The SMILES string of the molecule is Cc1nc(C2COCCN2C(=O)c2cnoc2)cs1. The Morgan fingerprint density at radius 1 is 1.58 bits per heavy atom. The van der Waals surface area contributed by atoms with Crippen molar-refractivity contribution in [3.8, 4) is 0 Å². The Morgan fingerprint density at radius 3 is 3.16 bits per heavy atom. The number of aromatic nitrogens is 2. The second kappa shape index (κ2) is 5.10. The van der Waals surface area contributed by atoms with Crippen LogP contribution in [0.5, 0.6) is 0 Å². The Kier molecular flexibility index (Phi) is 3.31. The first kappa shape index (κ1) is 12.3. The van der Waals surface area contributed by atoms with Crippen LogP contribution in [-0.2, 0) is 4.74 Å². The van der Waals surface area contributed by atoms with E-state index in [9.17, 15) is 4.79 Å². The van der Waals surface area contributed by atoms with Gasteiger partial charge in [-0.2, -0.15) is 0 Å². The summed E-state index contributed by atoms with van der Waals surface area (Å²) in [6.07, 6.45) is 2.79. The fourth-order valence-corrected chi connectivity index (χ4v) is 2.76. The smallest absolute Gasteiger partial charge is 0.259 e. The molecule has 0 aromatic carbocycles. The molecule has 0 saturated carbocycles. The summed E-state index contributed by atoms with van der Waals surface area (Å²) in [5, 5.41) is 6.53. The van der Waals surface area contributed by atoms with Gasteiger partial charge in [0, 0.05) is 11.9 Å². The number of nitrogens with zero attached hydrogens (tertiary/aromatic N) is 3. The maximum absolute atomic E-state index is 12.4. The molecule has 0 spiro atoms. The van der Waals surface area contributed by atoms with E-state index < -0.39 is 0 Å². The van der Waals surface area contributed by atoms with Crippen LogP contribution in [0.3, 0.4) is 0 Å². The molecule has 0 aliphatic carbocycles. The Hall–Kier alpha value is -1.73. The van der Waals surface area contributed by atoms with Crippen molar-refractivity contribution < 1.29 is 14.1 Å². The van der Waals surface area contributed by atoms with E-state index in [1.54, 1.807) is 16.2 Å². The molecule has 1 aliphatic rings. The summed E-state index contributed by atoms with van der Waals surface area (Å²) in [5.41, 5.74) is 1.34. The molecule has 100 valence electrons. The summed E-state index contributed by atoms with van der Waals surface area (Å²) in [5.74, 6) is -0.0970. The lowest BCUT2D eigenvalue weighted by molar-refractivity contribution is -0.00379. The summed E-state index contributed by atoms with van der Waals surface area (Å²) in [4.78, 5) is 18.6. The minimum absolute atomic E-state index is 0.0970. The highest BCUT2D eigenvalue weighted by atomic mass is 32.1. The number of carbonyl (C=O) groups excluding carboxylic acids is 1. The van der Waals surface area contributed by atoms with E-state index >= 15 is 0 Å². The molecule has 1 fully saturated rings. The summed E-state index contributed by atoms with van der Waals surface area (Å²) < 4.78 is 10.2. The number of thiazole rings is 1. The molecular weight excluding hydrogens is 266 g/mol. The molecule has 19 heavy (non-hydrogen) atoms. The second-order valence-electron chi connectivity index (χ2n) is 4.29. The molecule has 3 heterocycles. The third-order valence-corrected chi connectivity index (χ3v) is 3.84. The van der Waals surface area contributed by atoms with Crippen LogP contribution in [0.4, 0.5) is 0 Å². The van der Waals surface area contributed by atoms with Crippen molar-refractivity contribution in [3.63, 3.8) is 0 Å². The predicted octanol–water partition coefficient (Wildman–Crippen LogP) is 1.65. The van der Waals surface area contributed by atoms with Gasteiger partial charge in [-0.25, -0.2) is 4.98 Å². The topological polar surface area (TPSA) is 68.5 Å². The molecule has 1 saturated heterocycles. The highest BCUT2D eigenvalue weighted by Crippen LogP contribution is 2.26. The Labute approximate surface area is 114 Å². The van der Waals surface area contributed by atoms with Gasteiger partial charge in [0.1, 0.15) is 6.26 Å². The number of morpholine rings is 1. The third kappa shape index (κ3) is 2.39. The van der Waals surface area contributed by atoms with Gasteiger partial charge in [0.05, 0.1) is 41.7 Å². The summed E-state index contributed by atoms with van der Waals surface area (Å²) in [7, 11) is 0. The number of hydrogen-bond donors (Lipinski definition) is 0. The van der Waals surface area contributed by atoms with Crippen molar-refractivity contribution in [2.45, 2.75) is 13.0 Å². The first-order valence-corrected chi connectivity index (χ1v) is 6.84. The normalized spacial score (nSPS) is 19.6. The lowest BCUT2D eigenvalue weighted by atomic mass is 10.1. The molecule has 7 heteroatoms. The lowest BCUT2D eigenvalue weighted by Crippen LogP contribution is -2.43. The van der Waals surface area contributed by atoms with Crippen molar-refractivity contribution in [1.29, 1.82) is 0 Å². The standard InChI is InChI=1S/C12H13N3O3S/c1-8-14-10(7-19-8)11-6-17-3-2-15(11)12(16)9-4-13-18-5-9/h4-5,7,11H,2-3,6H2,1H3. The van der Waals surface area contributed by atoms with Gasteiger partial charge in [-0.1, -0.05) is 5.16 Å². The van der Waals surface area contributed by atoms with Gasteiger partial charge in [-0.3, -0.25) is 4.79 Å². The average molecular weight is 279 g/mol. The lowest BCUT2D eigenvalue weighted by Gasteiger charge is -2.34. The monoisotopic (exact) mass is 279 g/mol. The van der Waals surface area contributed by atoms with E-state index in [1.807, 2.05) is 12.3 Å². The fraction of sp³-hybridized carbons (Fsp3) is 0.417. The van der Waals surface area contributed by atoms with E-state index in [2.05, 4.69) is 10.1 Å². The molecule has 1 aliphatic heterocycles. The molecule has 0 radical (unpaired) electrons. The first-order chi connectivity index (χ1) is 9.25. The van der Waals surface area contributed by atoms with Crippen LogP contribution in [0.1, 0.15) is 27.1 Å². The van der Waals surface area contributed by atoms with Crippen LogP contribution in [0, 0.1) is 6.92 Å². The minimum Gasteiger partial charge on any atom is -0.377 e. The predicted molar refractivity (Wildman–Crippen MR) is 68.0 cm³/mol. The van der Waals surface area contributed by atoms with Gasteiger partial charge in [-0.15, -0.1) is 11.3 Å². The van der Waals surface area contributed by atoms with Crippen molar-refractivity contribution in [2.75, 3.05) is 19.8 Å². The van der Waals surface area contributed by atoms with Crippen LogP contribution in [-0.4, -0.2) is 40.7 Å². The van der Waals surface area contributed by atoms with Crippen molar-refractivity contribution in [1.82, 2.24) is 15.0 Å². The maximum Gasteiger partial charge on any atom is 0.259 e. The molecular formula is C12H13N3O3S. The molecule has 3 rings (SSSR count). The largest absolute Gasteiger partial charge is 0.377 e. The van der Waals surface area contributed by atoms with E-state index in [4.69, 9.17) is 9.26 Å². The van der Waals surface area contributed by atoms with Crippen LogP contribution >= 0.6 is 11.3 Å². The summed E-state index contributed by atoms with van der Waals surface area (Å²) in [6, 6.07) is -0.138. The minimum atomic E-state index is -0.138. The van der Waals surface area contributed by atoms with Crippen LogP contribution < -0.4 is 0 Å². The van der Waals surface area contributed by atoms with Gasteiger partial charge in [0.25, 0.3) is 5.91 Å². The quantitative estimate of drug-likeness (QED) is 0.836. The zero-order chi connectivity index (χ0) is 13.2. The molecule has 2 aromatic heterocycles. The van der Waals surface area contributed by atoms with Crippen molar-refractivity contribution in [3.05, 3.63) is 34.1 Å². The van der Waals surface area contributed by atoms with Gasteiger partial charge >= 0.3 is 0 Å². The fourth-order valence-electron chi connectivity index (χ4n) is 2.10. The summed E-state index contributed by atoms with van der Waals surface area (Å²) >= 11 is 1.57. The highest BCUT2D eigenvalue weighted by Gasteiger charge is 2.31. The van der Waals surface area contributed by atoms with Crippen molar-refractivity contribution >= 4 is 17.2 Å². The number of ether oxygens (including phenoxy) is 1. The number of rotatable bonds is 2. The molecule has 2 aromatic rings. The number of carbonyl (C=O) groups is 1.